The Morgan fingerprint density at radius 1 is 1.12 bits per heavy atom. The molecule has 32 heavy (non-hydrogen) atoms. The lowest BCUT2D eigenvalue weighted by Crippen LogP contribution is -2.40. The van der Waals surface area contributed by atoms with Gasteiger partial charge in [-0.1, -0.05) is 11.6 Å². The maximum atomic E-state index is 13.7. The summed E-state index contributed by atoms with van der Waals surface area (Å²) in [7, 11) is 0. The molecule has 1 atom stereocenters. The Kier molecular flexibility index (Phi) is 5.34. The fourth-order valence-electron chi connectivity index (χ4n) is 4.13. The molecule has 0 spiro atoms. The number of nitrogens with zero attached hydrogens (tertiary/aromatic N) is 7. The minimum atomic E-state index is 0.000557. The molecule has 0 bridgehead atoms. The number of amides is 1. The fourth-order valence-corrected chi connectivity index (χ4v) is 5.02. The summed E-state index contributed by atoms with van der Waals surface area (Å²) in [6.07, 6.45) is 5.99. The van der Waals surface area contributed by atoms with Gasteiger partial charge >= 0.3 is 0 Å². The largest absolute Gasteiger partial charge is 0.339 e. The zero-order chi connectivity index (χ0) is 22.2. The predicted octanol–water partition coefficient (Wildman–Crippen LogP) is 3.63. The molecule has 8 nitrogen and oxygen atoms in total. The van der Waals surface area contributed by atoms with Crippen LogP contribution >= 0.6 is 11.3 Å². The number of anilines is 1. The van der Waals surface area contributed by atoms with E-state index in [2.05, 4.69) is 39.3 Å². The lowest BCUT2D eigenvalue weighted by molar-refractivity contribution is 0.0704. The van der Waals surface area contributed by atoms with Crippen LogP contribution in [-0.2, 0) is 0 Å². The van der Waals surface area contributed by atoms with Gasteiger partial charge in [-0.25, -0.2) is 9.97 Å². The fraction of sp³-hybridized carbons (Fsp3) is 0.348. The van der Waals surface area contributed by atoms with Crippen molar-refractivity contribution in [3.8, 4) is 5.69 Å². The molecule has 1 amide bonds. The minimum absolute atomic E-state index is 0.000557. The molecule has 1 aliphatic heterocycles. The third-order valence-electron chi connectivity index (χ3n) is 6.03. The summed E-state index contributed by atoms with van der Waals surface area (Å²) in [5.74, 6) is 0.735. The number of aromatic nitrogens is 5. The van der Waals surface area contributed by atoms with Gasteiger partial charge in [0.2, 0.25) is 5.95 Å². The van der Waals surface area contributed by atoms with Gasteiger partial charge in [-0.3, -0.25) is 4.79 Å². The maximum Gasteiger partial charge on any atom is 0.256 e. The molecule has 4 heterocycles. The molecule has 164 valence electrons. The number of hydrogen-bond acceptors (Lipinski definition) is 7. The number of carbonyl (C=O) groups excluding carboxylic acids is 1. The van der Waals surface area contributed by atoms with E-state index >= 15 is 0 Å². The van der Waals surface area contributed by atoms with Gasteiger partial charge in [0, 0.05) is 37.3 Å². The molecule has 1 aliphatic rings. The SMILES string of the molecule is Cc1ccc(-n2nccn2)c(C(=O)N2CCN(c3ncc4c(C)csc4n3)CC[C@@H]2C)c1. The van der Waals surface area contributed by atoms with Crippen LogP contribution in [0.15, 0.2) is 42.2 Å². The Morgan fingerprint density at radius 2 is 1.94 bits per heavy atom. The summed E-state index contributed by atoms with van der Waals surface area (Å²) in [5.41, 5.74) is 3.55. The monoisotopic (exact) mass is 447 g/mol. The van der Waals surface area contributed by atoms with E-state index in [1.54, 1.807) is 23.7 Å². The van der Waals surface area contributed by atoms with Crippen LogP contribution in [0.3, 0.4) is 0 Å². The molecule has 4 aromatic rings. The molecule has 0 unspecified atom stereocenters. The van der Waals surface area contributed by atoms with Crippen LogP contribution in [0.1, 0.15) is 34.8 Å². The smallest absolute Gasteiger partial charge is 0.256 e. The van der Waals surface area contributed by atoms with Gasteiger partial charge in [-0.15, -0.1) is 11.3 Å². The van der Waals surface area contributed by atoms with Crippen LogP contribution in [0.25, 0.3) is 15.9 Å². The molecule has 9 heteroatoms. The Morgan fingerprint density at radius 3 is 2.75 bits per heavy atom. The predicted molar refractivity (Wildman–Crippen MR) is 126 cm³/mol. The highest BCUT2D eigenvalue weighted by Crippen LogP contribution is 2.26. The molecule has 1 fully saturated rings. The molecular formula is C23H25N7OS. The molecule has 3 aromatic heterocycles. The zero-order valence-electron chi connectivity index (χ0n) is 18.4. The van der Waals surface area contributed by atoms with E-state index in [4.69, 9.17) is 4.98 Å². The van der Waals surface area contributed by atoms with Crippen molar-refractivity contribution in [2.45, 2.75) is 33.2 Å². The van der Waals surface area contributed by atoms with Gasteiger partial charge in [-0.05, 0) is 50.3 Å². The van der Waals surface area contributed by atoms with Crippen molar-refractivity contribution in [2.24, 2.45) is 0 Å². The Labute approximate surface area is 190 Å². The van der Waals surface area contributed by atoms with Gasteiger partial charge in [0.15, 0.2) is 0 Å². The van der Waals surface area contributed by atoms with Crippen molar-refractivity contribution in [1.29, 1.82) is 0 Å². The molecule has 1 saturated heterocycles. The summed E-state index contributed by atoms with van der Waals surface area (Å²) in [5, 5.41) is 11.7. The molecule has 0 N–H and O–H groups in total. The number of carbonyl (C=O) groups is 1. The van der Waals surface area contributed by atoms with Crippen molar-refractivity contribution >= 4 is 33.4 Å². The first-order valence-corrected chi connectivity index (χ1v) is 11.6. The van der Waals surface area contributed by atoms with Crippen molar-refractivity contribution in [1.82, 2.24) is 29.9 Å². The number of rotatable bonds is 3. The summed E-state index contributed by atoms with van der Waals surface area (Å²) >= 11 is 1.65. The third kappa shape index (κ3) is 3.73. The van der Waals surface area contributed by atoms with Crippen molar-refractivity contribution in [2.75, 3.05) is 24.5 Å². The van der Waals surface area contributed by atoms with Gasteiger partial charge < -0.3 is 9.80 Å². The maximum absolute atomic E-state index is 13.7. The summed E-state index contributed by atoms with van der Waals surface area (Å²) in [6.45, 7) is 8.28. The summed E-state index contributed by atoms with van der Waals surface area (Å²) in [6, 6.07) is 5.90. The number of aryl methyl sites for hydroxylation is 2. The first-order chi connectivity index (χ1) is 15.5. The van der Waals surface area contributed by atoms with Gasteiger partial charge in [0.1, 0.15) is 4.83 Å². The topological polar surface area (TPSA) is 80.0 Å². The number of thiophene rings is 1. The van der Waals surface area contributed by atoms with E-state index in [-0.39, 0.29) is 11.9 Å². The Hall–Kier alpha value is -3.33. The molecule has 0 aliphatic carbocycles. The highest BCUT2D eigenvalue weighted by Gasteiger charge is 2.28. The van der Waals surface area contributed by atoms with Crippen LogP contribution in [-0.4, -0.2) is 61.4 Å². The first kappa shape index (κ1) is 20.6. The normalized spacial score (nSPS) is 17.0. The average Bonchev–Trinajstić information content (AvgIpc) is 3.41. The molecule has 0 saturated carbocycles. The molecule has 1 aromatic carbocycles. The standard InChI is InChI=1S/C23H25N7OS/c1-15-4-5-20(30-25-7-8-26-30)18(12-15)22(31)29-11-10-28(9-6-17(29)3)23-24-13-19-16(2)14-32-21(19)27-23/h4-5,7-8,12-14,17H,6,9-11H2,1-3H3/t17-/m0/s1. The third-order valence-corrected chi connectivity index (χ3v) is 7.04. The van der Waals surface area contributed by atoms with Crippen molar-refractivity contribution in [3.63, 3.8) is 0 Å². The Balaban J connectivity index is 1.41. The highest BCUT2D eigenvalue weighted by atomic mass is 32.1. The molecule has 0 radical (unpaired) electrons. The van der Waals surface area contributed by atoms with E-state index in [1.165, 1.54) is 10.4 Å². The van der Waals surface area contributed by atoms with E-state index in [1.807, 2.05) is 36.2 Å². The quantitative estimate of drug-likeness (QED) is 0.477. The minimum Gasteiger partial charge on any atom is -0.339 e. The van der Waals surface area contributed by atoms with Crippen molar-refractivity contribution < 1.29 is 4.79 Å². The van der Waals surface area contributed by atoms with Crippen LogP contribution in [0.2, 0.25) is 0 Å². The summed E-state index contributed by atoms with van der Waals surface area (Å²) < 4.78 is 0. The van der Waals surface area contributed by atoms with E-state index in [0.29, 0.717) is 24.3 Å². The second kappa shape index (κ2) is 8.31. The first-order valence-electron chi connectivity index (χ1n) is 10.8. The molecular weight excluding hydrogens is 422 g/mol. The van der Waals surface area contributed by atoms with Crippen LogP contribution in [0.4, 0.5) is 5.95 Å². The lowest BCUT2D eigenvalue weighted by atomic mass is 10.1. The average molecular weight is 448 g/mol. The number of benzene rings is 1. The van der Waals surface area contributed by atoms with E-state index in [0.717, 1.165) is 34.7 Å². The lowest BCUT2D eigenvalue weighted by Gasteiger charge is -2.27. The highest BCUT2D eigenvalue weighted by molar-refractivity contribution is 7.16. The second-order valence-electron chi connectivity index (χ2n) is 8.27. The van der Waals surface area contributed by atoms with E-state index in [9.17, 15) is 4.79 Å². The number of fused-ring (bicyclic) bond motifs is 1. The van der Waals surface area contributed by atoms with Gasteiger partial charge in [0.05, 0.1) is 23.6 Å². The second-order valence-corrected chi connectivity index (χ2v) is 9.13. The summed E-state index contributed by atoms with van der Waals surface area (Å²) in [4.78, 5) is 29.7. The van der Waals surface area contributed by atoms with E-state index < -0.39 is 0 Å². The van der Waals surface area contributed by atoms with Crippen LogP contribution in [0.5, 0.6) is 0 Å². The Bertz CT molecular complexity index is 1270. The van der Waals surface area contributed by atoms with Crippen LogP contribution in [0, 0.1) is 13.8 Å². The van der Waals surface area contributed by atoms with Crippen LogP contribution < -0.4 is 4.90 Å². The molecule has 5 rings (SSSR count). The van der Waals surface area contributed by atoms with Gasteiger partial charge in [0.25, 0.3) is 5.91 Å². The van der Waals surface area contributed by atoms with Gasteiger partial charge in [-0.2, -0.15) is 15.0 Å². The zero-order valence-corrected chi connectivity index (χ0v) is 19.2. The number of hydrogen-bond donors (Lipinski definition) is 0. The van der Waals surface area contributed by atoms with Crippen molar-refractivity contribution in [3.05, 3.63) is 58.9 Å².